The molecule has 0 amide bonds. The van der Waals surface area contributed by atoms with E-state index < -0.39 is 0 Å². The predicted molar refractivity (Wildman–Crippen MR) is 97.3 cm³/mol. The van der Waals surface area contributed by atoms with Crippen LogP contribution in [0.1, 0.15) is 38.3 Å². The number of hydrogen-bond donors (Lipinski definition) is 2. The van der Waals surface area contributed by atoms with Gasteiger partial charge in [0.15, 0.2) is 5.96 Å². The molecule has 2 rings (SSSR count). The lowest BCUT2D eigenvalue weighted by atomic mass is 10.1. The van der Waals surface area contributed by atoms with Crippen LogP contribution in [0.25, 0.3) is 0 Å². The van der Waals surface area contributed by atoms with Gasteiger partial charge in [0.05, 0.1) is 19.2 Å². The molecule has 0 bridgehead atoms. The average Bonchev–Trinajstić information content (AvgIpc) is 3.10. The molecule has 1 aromatic carbocycles. The highest BCUT2D eigenvalue weighted by Crippen LogP contribution is 2.23. The molecule has 0 saturated carbocycles. The maximum atomic E-state index is 5.06. The molecule has 1 atom stereocenters. The van der Waals surface area contributed by atoms with Crippen LogP contribution in [0.2, 0.25) is 0 Å². The molecule has 0 spiro atoms. The van der Waals surface area contributed by atoms with Crippen molar-refractivity contribution >= 4 is 11.6 Å². The Balaban J connectivity index is 2.01. The van der Waals surface area contributed by atoms with E-state index in [0.717, 1.165) is 12.5 Å². The topological polar surface area (TPSA) is 48.9 Å². The van der Waals surface area contributed by atoms with Gasteiger partial charge in [-0.15, -0.1) is 0 Å². The Morgan fingerprint density at radius 1 is 1.35 bits per heavy atom. The third-order valence-electron chi connectivity index (χ3n) is 4.10. The minimum Gasteiger partial charge on any atom is -0.383 e. The second-order valence-electron chi connectivity index (χ2n) is 5.91. The zero-order valence-electron chi connectivity index (χ0n) is 14.6. The van der Waals surface area contributed by atoms with Gasteiger partial charge in [0.1, 0.15) is 0 Å². The number of aliphatic imine (C=N–C) groups is 1. The van der Waals surface area contributed by atoms with Gasteiger partial charge in [-0.25, -0.2) is 0 Å². The van der Waals surface area contributed by atoms with Crippen LogP contribution < -0.4 is 15.5 Å². The fraction of sp³-hybridized carbons (Fsp3) is 0.611. The van der Waals surface area contributed by atoms with Gasteiger partial charge in [0, 0.05) is 32.4 Å². The summed E-state index contributed by atoms with van der Waals surface area (Å²) in [4.78, 5) is 6.99. The number of nitrogens with zero attached hydrogens (tertiary/aromatic N) is 2. The lowest BCUT2D eigenvalue weighted by Gasteiger charge is -2.22. The van der Waals surface area contributed by atoms with Crippen molar-refractivity contribution in [1.82, 2.24) is 10.6 Å². The first kappa shape index (κ1) is 17.6. The molecular weight excluding hydrogens is 288 g/mol. The summed E-state index contributed by atoms with van der Waals surface area (Å²) in [6.45, 7) is 8.73. The van der Waals surface area contributed by atoms with E-state index in [4.69, 9.17) is 4.74 Å². The van der Waals surface area contributed by atoms with Gasteiger partial charge < -0.3 is 20.3 Å². The van der Waals surface area contributed by atoms with Gasteiger partial charge in [0.25, 0.3) is 0 Å². The molecule has 128 valence electrons. The molecule has 0 aliphatic carbocycles. The highest BCUT2D eigenvalue weighted by atomic mass is 16.5. The summed E-state index contributed by atoms with van der Waals surface area (Å²) in [5, 5.41) is 6.76. The molecule has 23 heavy (non-hydrogen) atoms. The van der Waals surface area contributed by atoms with Crippen LogP contribution in [-0.4, -0.2) is 45.9 Å². The van der Waals surface area contributed by atoms with Crippen molar-refractivity contribution in [3.05, 3.63) is 29.8 Å². The Morgan fingerprint density at radius 2 is 2.13 bits per heavy atom. The lowest BCUT2D eigenvalue weighted by Crippen LogP contribution is -2.39. The Kier molecular flexibility index (Phi) is 7.20. The van der Waals surface area contributed by atoms with E-state index in [1.54, 1.807) is 7.11 Å². The van der Waals surface area contributed by atoms with Crippen LogP contribution in [0.15, 0.2) is 29.3 Å². The van der Waals surface area contributed by atoms with E-state index in [1.807, 2.05) is 0 Å². The average molecular weight is 318 g/mol. The number of rotatable bonds is 7. The minimum absolute atomic E-state index is 0.206. The first-order valence-corrected chi connectivity index (χ1v) is 8.63. The van der Waals surface area contributed by atoms with Crippen molar-refractivity contribution < 1.29 is 4.74 Å². The number of benzene rings is 1. The molecular formula is C18H30N4O. The largest absolute Gasteiger partial charge is 0.383 e. The van der Waals surface area contributed by atoms with E-state index >= 15 is 0 Å². The molecule has 0 aromatic heterocycles. The first-order chi connectivity index (χ1) is 11.2. The van der Waals surface area contributed by atoms with E-state index in [0.29, 0.717) is 13.2 Å². The molecule has 1 fully saturated rings. The number of methoxy groups -OCH3 is 1. The summed E-state index contributed by atoms with van der Waals surface area (Å²) in [6.07, 6.45) is 2.60. The van der Waals surface area contributed by atoms with Crippen molar-refractivity contribution in [2.75, 3.05) is 44.8 Å². The third kappa shape index (κ3) is 5.43. The minimum atomic E-state index is 0.206. The first-order valence-electron chi connectivity index (χ1n) is 8.63. The van der Waals surface area contributed by atoms with E-state index in [-0.39, 0.29) is 6.04 Å². The third-order valence-corrected chi connectivity index (χ3v) is 4.10. The van der Waals surface area contributed by atoms with Crippen molar-refractivity contribution in [2.45, 2.75) is 32.7 Å². The Bertz CT molecular complexity index is 498. The molecule has 5 heteroatoms. The number of ether oxygens (including phenoxy) is 1. The second-order valence-corrected chi connectivity index (χ2v) is 5.91. The molecule has 1 heterocycles. The van der Waals surface area contributed by atoms with Crippen molar-refractivity contribution in [3.8, 4) is 0 Å². The van der Waals surface area contributed by atoms with Crippen molar-refractivity contribution in [1.29, 1.82) is 0 Å². The summed E-state index contributed by atoms with van der Waals surface area (Å²) in [7, 11) is 1.70. The summed E-state index contributed by atoms with van der Waals surface area (Å²) in [6, 6.07) is 9.03. The lowest BCUT2D eigenvalue weighted by molar-refractivity contribution is 0.208. The van der Waals surface area contributed by atoms with Crippen LogP contribution in [0.5, 0.6) is 0 Å². The van der Waals surface area contributed by atoms with Crippen LogP contribution in [0.3, 0.4) is 0 Å². The van der Waals surface area contributed by atoms with E-state index in [1.165, 1.54) is 37.2 Å². The van der Waals surface area contributed by atoms with Crippen LogP contribution in [0, 0.1) is 0 Å². The number of guanidine groups is 1. The molecule has 5 nitrogen and oxygen atoms in total. The standard InChI is InChI=1S/C18H30N4O/c1-4-19-18(20-10-13-23-3)21-15(2)16-8-7-9-17(14-16)22-11-5-6-12-22/h7-9,14-15H,4-6,10-13H2,1-3H3,(H2,19,20,21). The van der Waals surface area contributed by atoms with Crippen LogP contribution in [-0.2, 0) is 4.74 Å². The van der Waals surface area contributed by atoms with Crippen LogP contribution in [0.4, 0.5) is 5.69 Å². The molecule has 0 radical (unpaired) electrons. The van der Waals surface area contributed by atoms with Gasteiger partial charge in [-0.1, -0.05) is 12.1 Å². The molecule has 2 N–H and O–H groups in total. The summed E-state index contributed by atoms with van der Waals surface area (Å²) in [5.41, 5.74) is 2.61. The summed E-state index contributed by atoms with van der Waals surface area (Å²) >= 11 is 0. The number of nitrogens with one attached hydrogen (secondary N) is 2. The Labute approximate surface area is 140 Å². The second kappa shape index (κ2) is 9.40. The normalized spacial score (nSPS) is 16.5. The van der Waals surface area contributed by atoms with Gasteiger partial charge in [-0.2, -0.15) is 0 Å². The van der Waals surface area contributed by atoms with E-state index in [2.05, 4.69) is 58.6 Å². The Hall–Kier alpha value is -1.75. The fourth-order valence-electron chi connectivity index (χ4n) is 2.82. The molecule has 1 aliphatic rings. The van der Waals surface area contributed by atoms with Gasteiger partial charge in [-0.05, 0) is 44.4 Å². The quantitative estimate of drug-likeness (QED) is 0.461. The smallest absolute Gasteiger partial charge is 0.191 e. The van der Waals surface area contributed by atoms with Crippen molar-refractivity contribution in [2.24, 2.45) is 4.99 Å². The maximum Gasteiger partial charge on any atom is 0.191 e. The van der Waals surface area contributed by atoms with Crippen molar-refractivity contribution in [3.63, 3.8) is 0 Å². The monoisotopic (exact) mass is 318 g/mol. The highest BCUT2D eigenvalue weighted by molar-refractivity contribution is 5.80. The van der Waals surface area contributed by atoms with Gasteiger partial charge in [-0.3, -0.25) is 4.99 Å². The number of hydrogen-bond acceptors (Lipinski definition) is 3. The van der Waals surface area contributed by atoms with E-state index in [9.17, 15) is 0 Å². The van der Waals surface area contributed by atoms with Crippen LogP contribution >= 0.6 is 0 Å². The molecule has 1 unspecified atom stereocenters. The SMILES string of the molecule is CCNC(=NCCOC)NC(C)c1cccc(N2CCCC2)c1. The number of anilines is 1. The maximum absolute atomic E-state index is 5.06. The predicted octanol–water partition coefficient (Wildman–Crippen LogP) is 2.55. The molecule has 1 saturated heterocycles. The molecule has 1 aromatic rings. The summed E-state index contributed by atoms with van der Waals surface area (Å²) < 4.78 is 5.06. The van der Waals surface area contributed by atoms with Gasteiger partial charge in [0.2, 0.25) is 0 Å². The highest BCUT2D eigenvalue weighted by Gasteiger charge is 2.14. The Morgan fingerprint density at radius 3 is 2.83 bits per heavy atom. The fourth-order valence-corrected chi connectivity index (χ4v) is 2.82. The zero-order chi connectivity index (χ0) is 16.5. The molecule has 1 aliphatic heterocycles. The summed E-state index contributed by atoms with van der Waals surface area (Å²) in [5.74, 6) is 0.837. The zero-order valence-corrected chi connectivity index (χ0v) is 14.6. The van der Waals surface area contributed by atoms with Gasteiger partial charge >= 0.3 is 0 Å².